The minimum Gasteiger partial charge on any atom is -0.336 e. The average molecular weight is 336 g/mol. The van der Waals surface area contributed by atoms with E-state index in [4.69, 9.17) is 0 Å². The summed E-state index contributed by atoms with van der Waals surface area (Å²) in [7, 11) is 0. The molecule has 1 aromatic rings. The number of amides is 1. The van der Waals surface area contributed by atoms with E-state index in [0.29, 0.717) is 6.04 Å². The maximum absolute atomic E-state index is 12.1. The largest absolute Gasteiger partial charge is 0.336 e. The van der Waals surface area contributed by atoms with E-state index in [1.54, 1.807) is 11.3 Å². The molecule has 3 nitrogen and oxygen atoms in total. The standard InChI is InChI=1S/C10H13IN2OS/c1-7-5-13(3-2-12-7)10(14)8-4-9(11)15-6-8/h4,6-7,12H,2-3,5H2,1H3/t7-/m1/s1. The molecule has 1 aliphatic heterocycles. The van der Waals surface area contributed by atoms with Crippen LogP contribution in [0.4, 0.5) is 0 Å². The van der Waals surface area contributed by atoms with Crippen molar-refractivity contribution in [3.8, 4) is 0 Å². The van der Waals surface area contributed by atoms with Gasteiger partial charge in [0.15, 0.2) is 0 Å². The average Bonchev–Trinajstić information content (AvgIpc) is 2.64. The SMILES string of the molecule is C[C@@H]1CN(C(=O)c2csc(I)c2)CCN1. The number of rotatable bonds is 1. The van der Waals surface area contributed by atoms with Crippen LogP contribution in [-0.4, -0.2) is 36.5 Å². The van der Waals surface area contributed by atoms with Crippen LogP contribution in [0.2, 0.25) is 0 Å². The van der Waals surface area contributed by atoms with Gasteiger partial charge in [-0.15, -0.1) is 11.3 Å². The van der Waals surface area contributed by atoms with Crippen LogP contribution in [0, 0.1) is 2.88 Å². The molecule has 1 fully saturated rings. The van der Waals surface area contributed by atoms with E-state index in [-0.39, 0.29) is 5.91 Å². The van der Waals surface area contributed by atoms with E-state index in [1.807, 2.05) is 16.3 Å². The molecule has 1 N–H and O–H groups in total. The Hall–Kier alpha value is -0.140. The van der Waals surface area contributed by atoms with Gasteiger partial charge in [0, 0.05) is 31.1 Å². The van der Waals surface area contributed by atoms with Gasteiger partial charge in [0.25, 0.3) is 5.91 Å². The summed E-state index contributed by atoms with van der Waals surface area (Å²) in [6.45, 7) is 4.63. The van der Waals surface area contributed by atoms with Gasteiger partial charge in [0.05, 0.1) is 8.45 Å². The highest BCUT2D eigenvalue weighted by Gasteiger charge is 2.21. The van der Waals surface area contributed by atoms with Crippen LogP contribution in [0.3, 0.4) is 0 Å². The first-order chi connectivity index (χ1) is 7.16. The smallest absolute Gasteiger partial charge is 0.254 e. The van der Waals surface area contributed by atoms with E-state index in [1.165, 1.54) is 2.88 Å². The van der Waals surface area contributed by atoms with Crippen molar-refractivity contribution >= 4 is 39.8 Å². The van der Waals surface area contributed by atoms with Gasteiger partial charge in [-0.25, -0.2) is 0 Å². The van der Waals surface area contributed by atoms with Crippen molar-refractivity contribution in [1.29, 1.82) is 0 Å². The lowest BCUT2D eigenvalue weighted by atomic mass is 10.2. The third-order valence-corrected chi connectivity index (χ3v) is 4.26. The Morgan fingerprint density at radius 3 is 3.13 bits per heavy atom. The number of hydrogen-bond acceptors (Lipinski definition) is 3. The van der Waals surface area contributed by atoms with E-state index < -0.39 is 0 Å². The van der Waals surface area contributed by atoms with Gasteiger partial charge in [0.2, 0.25) is 0 Å². The second-order valence-electron chi connectivity index (χ2n) is 3.75. The Labute approximate surface area is 107 Å². The predicted octanol–water partition coefficient (Wildman–Crippen LogP) is 1.79. The van der Waals surface area contributed by atoms with Gasteiger partial charge in [-0.1, -0.05) is 0 Å². The summed E-state index contributed by atoms with van der Waals surface area (Å²) in [5.41, 5.74) is 0.832. The van der Waals surface area contributed by atoms with Crippen LogP contribution in [0.15, 0.2) is 11.4 Å². The van der Waals surface area contributed by atoms with Crippen LogP contribution in [0.1, 0.15) is 17.3 Å². The number of carbonyl (C=O) groups is 1. The molecule has 0 bridgehead atoms. The van der Waals surface area contributed by atoms with Gasteiger partial charge >= 0.3 is 0 Å². The zero-order valence-electron chi connectivity index (χ0n) is 8.50. The Bertz CT molecular complexity index is 366. The number of halogens is 1. The number of nitrogens with zero attached hydrogens (tertiary/aromatic N) is 1. The third-order valence-electron chi connectivity index (χ3n) is 2.47. The summed E-state index contributed by atoms with van der Waals surface area (Å²) in [6, 6.07) is 2.36. The Morgan fingerprint density at radius 1 is 1.73 bits per heavy atom. The maximum atomic E-state index is 12.1. The first-order valence-electron chi connectivity index (χ1n) is 4.93. The van der Waals surface area contributed by atoms with Gasteiger partial charge in [-0.2, -0.15) is 0 Å². The number of nitrogens with one attached hydrogen (secondary N) is 1. The van der Waals surface area contributed by atoms with Gasteiger partial charge < -0.3 is 10.2 Å². The fourth-order valence-corrected chi connectivity index (χ4v) is 3.04. The molecule has 2 heterocycles. The van der Waals surface area contributed by atoms with Gasteiger partial charge in [-0.05, 0) is 35.6 Å². The molecule has 15 heavy (non-hydrogen) atoms. The first-order valence-corrected chi connectivity index (χ1v) is 6.89. The summed E-state index contributed by atoms with van der Waals surface area (Å²) in [4.78, 5) is 14.0. The van der Waals surface area contributed by atoms with Crippen LogP contribution in [0.5, 0.6) is 0 Å². The molecular weight excluding hydrogens is 323 g/mol. The molecule has 82 valence electrons. The Balaban J connectivity index is 2.07. The molecule has 1 aliphatic rings. The monoisotopic (exact) mass is 336 g/mol. The Kier molecular flexibility index (Phi) is 3.63. The van der Waals surface area contributed by atoms with Crippen molar-refractivity contribution in [3.63, 3.8) is 0 Å². The highest BCUT2D eigenvalue weighted by molar-refractivity contribution is 14.1. The minimum absolute atomic E-state index is 0.169. The lowest BCUT2D eigenvalue weighted by Gasteiger charge is -2.31. The summed E-state index contributed by atoms with van der Waals surface area (Å²) < 4.78 is 1.17. The van der Waals surface area contributed by atoms with Gasteiger partial charge in [0.1, 0.15) is 0 Å². The second kappa shape index (κ2) is 4.80. The van der Waals surface area contributed by atoms with Crippen molar-refractivity contribution in [2.45, 2.75) is 13.0 Å². The van der Waals surface area contributed by atoms with E-state index in [0.717, 1.165) is 25.2 Å². The summed E-state index contributed by atoms with van der Waals surface area (Å²) in [6.07, 6.45) is 0. The zero-order chi connectivity index (χ0) is 10.8. The molecule has 0 spiro atoms. The number of hydrogen-bond donors (Lipinski definition) is 1. The molecule has 1 atom stereocenters. The normalized spacial score (nSPS) is 21.7. The molecule has 0 radical (unpaired) electrons. The Morgan fingerprint density at radius 2 is 2.53 bits per heavy atom. The lowest BCUT2D eigenvalue weighted by Crippen LogP contribution is -2.51. The first kappa shape index (κ1) is 11.3. The molecule has 0 aromatic carbocycles. The van der Waals surface area contributed by atoms with Crippen LogP contribution >= 0.6 is 33.9 Å². The predicted molar refractivity (Wildman–Crippen MR) is 70.4 cm³/mol. The topological polar surface area (TPSA) is 32.3 Å². The molecule has 0 saturated carbocycles. The molecule has 1 aromatic heterocycles. The fourth-order valence-electron chi connectivity index (χ4n) is 1.72. The van der Waals surface area contributed by atoms with Crippen LogP contribution in [-0.2, 0) is 0 Å². The molecule has 0 aliphatic carbocycles. The van der Waals surface area contributed by atoms with Crippen molar-refractivity contribution in [1.82, 2.24) is 10.2 Å². The van der Waals surface area contributed by atoms with Gasteiger partial charge in [-0.3, -0.25) is 4.79 Å². The van der Waals surface area contributed by atoms with Crippen molar-refractivity contribution in [2.24, 2.45) is 0 Å². The van der Waals surface area contributed by atoms with E-state index in [9.17, 15) is 4.79 Å². The van der Waals surface area contributed by atoms with Crippen LogP contribution < -0.4 is 5.32 Å². The van der Waals surface area contributed by atoms with E-state index in [2.05, 4.69) is 34.8 Å². The quantitative estimate of drug-likeness (QED) is 0.793. The molecular formula is C10H13IN2OS. The molecule has 5 heteroatoms. The fraction of sp³-hybridized carbons (Fsp3) is 0.500. The molecule has 0 unspecified atom stereocenters. The number of thiophene rings is 1. The number of carbonyl (C=O) groups excluding carboxylic acids is 1. The van der Waals surface area contributed by atoms with Crippen molar-refractivity contribution in [3.05, 3.63) is 19.9 Å². The third kappa shape index (κ3) is 2.70. The summed E-state index contributed by atoms with van der Waals surface area (Å²) in [5.74, 6) is 0.169. The number of piperazine rings is 1. The minimum atomic E-state index is 0.169. The molecule has 1 amide bonds. The summed E-state index contributed by atoms with van der Waals surface area (Å²) in [5, 5.41) is 5.27. The highest BCUT2D eigenvalue weighted by Crippen LogP contribution is 2.18. The second-order valence-corrected chi connectivity index (χ2v) is 6.55. The van der Waals surface area contributed by atoms with Crippen molar-refractivity contribution < 1.29 is 4.79 Å². The maximum Gasteiger partial charge on any atom is 0.254 e. The van der Waals surface area contributed by atoms with E-state index >= 15 is 0 Å². The lowest BCUT2D eigenvalue weighted by molar-refractivity contribution is 0.0709. The summed E-state index contributed by atoms with van der Waals surface area (Å²) >= 11 is 3.87. The molecule has 1 saturated heterocycles. The molecule has 2 rings (SSSR count). The van der Waals surface area contributed by atoms with Crippen molar-refractivity contribution in [2.75, 3.05) is 19.6 Å². The zero-order valence-corrected chi connectivity index (χ0v) is 11.5. The van der Waals surface area contributed by atoms with Crippen LogP contribution in [0.25, 0.3) is 0 Å². The highest BCUT2D eigenvalue weighted by atomic mass is 127.